The van der Waals surface area contributed by atoms with Gasteiger partial charge in [-0.2, -0.15) is 0 Å². The molecule has 2 saturated carbocycles. The smallest absolute Gasteiger partial charge is 0.240 e. The minimum atomic E-state index is -0.243. The lowest BCUT2D eigenvalue weighted by Crippen LogP contribution is -2.43. The van der Waals surface area contributed by atoms with Gasteiger partial charge in [0.2, 0.25) is 17.7 Å². The Hall–Kier alpha value is -2.43. The van der Waals surface area contributed by atoms with Gasteiger partial charge in [-0.25, -0.2) is 0 Å². The van der Waals surface area contributed by atoms with Crippen LogP contribution in [0.25, 0.3) is 0 Å². The summed E-state index contributed by atoms with van der Waals surface area (Å²) in [6.45, 7) is -0.155. The van der Waals surface area contributed by atoms with Crippen molar-refractivity contribution in [3.63, 3.8) is 0 Å². The number of hydrogen-bond donors (Lipinski definition) is 1. The highest BCUT2D eigenvalue weighted by Gasteiger charge is 2.59. The standard InChI is InChI=1S/C25H30N2O3/c28-21(15-27-24(29)22-18-11-12-19(14-18)23(22)25(27)30)26-20(17-9-5-2-6-10-17)13-16-7-3-1-4-8-16/h2,5-6,9-12,16,18-20,22-23H,1,3-4,7-8,13-15H2,(H,26,28). The molecule has 0 radical (unpaired) electrons. The number of carbonyl (C=O) groups is 3. The van der Waals surface area contributed by atoms with E-state index in [0.29, 0.717) is 5.92 Å². The maximum atomic E-state index is 12.9. The first-order valence-electron chi connectivity index (χ1n) is 11.5. The van der Waals surface area contributed by atoms with E-state index in [9.17, 15) is 14.4 Å². The summed E-state index contributed by atoms with van der Waals surface area (Å²) in [4.78, 5) is 39.9. The molecule has 5 unspecified atom stereocenters. The second kappa shape index (κ2) is 8.01. The Labute approximate surface area is 177 Å². The second-order valence-corrected chi connectivity index (χ2v) is 9.53. The molecule has 5 nitrogen and oxygen atoms in total. The summed E-state index contributed by atoms with van der Waals surface area (Å²) in [6, 6.07) is 9.99. The highest BCUT2D eigenvalue weighted by Crippen LogP contribution is 2.52. The van der Waals surface area contributed by atoms with Crippen LogP contribution in [0.2, 0.25) is 0 Å². The fourth-order valence-corrected chi connectivity index (χ4v) is 6.22. The normalized spacial score (nSPS) is 31.3. The van der Waals surface area contributed by atoms with E-state index in [2.05, 4.69) is 17.5 Å². The maximum Gasteiger partial charge on any atom is 0.240 e. The lowest BCUT2D eigenvalue weighted by Gasteiger charge is -2.28. The average Bonchev–Trinajstić information content (AvgIpc) is 3.45. The van der Waals surface area contributed by atoms with Gasteiger partial charge in [0, 0.05) is 0 Å². The third-order valence-electron chi connectivity index (χ3n) is 7.69. The van der Waals surface area contributed by atoms with E-state index < -0.39 is 0 Å². The summed E-state index contributed by atoms with van der Waals surface area (Å²) in [6.07, 6.45) is 12.2. The number of rotatable bonds is 6. The molecular formula is C25H30N2O3. The van der Waals surface area contributed by atoms with Crippen molar-refractivity contribution in [2.75, 3.05) is 6.54 Å². The summed E-state index contributed by atoms with van der Waals surface area (Å²) in [7, 11) is 0. The van der Waals surface area contributed by atoms with E-state index in [0.717, 1.165) is 18.4 Å². The van der Waals surface area contributed by atoms with E-state index in [-0.39, 0.29) is 54.0 Å². The van der Waals surface area contributed by atoms with Gasteiger partial charge in [0.1, 0.15) is 6.54 Å². The van der Waals surface area contributed by atoms with Crippen molar-refractivity contribution in [3.05, 3.63) is 48.0 Å². The van der Waals surface area contributed by atoms with Gasteiger partial charge in [-0.3, -0.25) is 19.3 Å². The minimum Gasteiger partial charge on any atom is -0.348 e. The monoisotopic (exact) mass is 406 g/mol. The van der Waals surface area contributed by atoms with Crippen LogP contribution < -0.4 is 5.32 Å². The van der Waals surface area contributed by atoms with E-state index in [1.54, 1.807) is 0 Å². The van der Waals surface area contributed by atoms with Crippen molar-refractivity contribution in [1.82, 2.24) is 10.2 Å². The van der Waals surface area contributed by atoms with Crippen molar-refractivity contribution in [3.8, 4) is 0 Å². The molecule has 3 aliphatic carbocycles. The van der Waals surface area contributed by atoms with Crippen LogP contribution in [0.1, 0.15) is 56.6 Å². The fourth-order valence-electron chi connectivity index (χ4n) is 6.22. The Kier molecular flexibility index (Phi) is 5.21. The number of benzene rings is 1. The Morgan fingerprint density at radius 3 is 2.23 bits per heavy atom. The average molecular weight is 407 g/mol. The molecule has 0 spiro atoms. The lowest BCUT2D eigenvalue weighted by molar-refractivity contribution is -0.144. The van der Waals surface area contributed by atoms with Gasteiger partial charge in [0.25, 0.3) is 0 Å². The molecule has 1 aromatic carbocycles. The van der Waals surface area contributed by atoms with Gasteiger partial charge in [0.05, 0.1) is 17.9 Å². The number of imide groups is 1. The molecule has 5 heteroatoms. The molecule has 30 heavy (non-hydrogen) atoms. The molecule has 1 saturated heterocycles. The third kappa shape index (κ3) is 3.48. The van der Waals surface area contributed by atoms with Crippen LogP contribution in [0.3, 0.4) is 0 Å². The van der Waals surface area contributed by atoms with Crippen LogP contribution in [-0.4, -0.2) is 29.2 Å². The molecule has 4 aliphatic rings. The topological polar surface area (TPSA) is 66.5 Å². The highest BCUT2D eigenvalue weighted by molar-refractivity contribution is 6.08. The molecule has 158 valence electrons. The first kappa shape index (κ1) is 19.5. The SMILES string of the molecule is O=C(CN1C(=O)C2C3C=CC(C3)C2C1=O)NC(CC1CCCCC1)c1ccccc1. The second-order valence-electron chi connectivity index (χ2n) is 9.53. The maximum absolute atomic E-state index is 12.9. The van der Waals surface area contributed by atoms with Crippen LogP contribution in [-0.2, 0) is 14.4 Å². The van der Waals surface area contributed by atoms with Gasteiger partial charge in [-0.15, -0.1) is 0 Å². The summed E-state index contributed by atoms with van der Waals surface area (Å²) >= 11 is 0. The van der Waals surface area contributed by atoms with Gasteiger partial charge >= 0.3 is 0 Å². The van der Waals surface area contributed by atoms with E-state index >= 15 is 0 Å². The van der Waals surface area contributed by atoms with E-state index in [1.807, 2.05) is 30.3 Å². The first-order chi connectivity index (χ1) is 14.6. The Bertz CT molecular complexity index is 828. The number of nitrogens with one attached hydrogen (secondary N) is 1. The van der Waals surface area contributed by atoms with Crippen molar-refractivity contribution in [2.45, 2.75) is 51.0 Å². The van der Waals surface area contributed by atoms with Gasteiger partial charge < -0.3 is 5.32 Å². The quantitative estimate of drug-likeness (QED) is 0.580. The van der Waals surface area contributed by atoms with Crippen LogP contribution in [0.5, 0.6) is 0 Å². The number of carbonyl (C=O) groups excluding carboxylic acids is 3. The zero-order valence-electron chi connectivity index (χ0n) is 17.3. The number of hydrogen-bond acceptors (Lipinski definition) is 3. The van der Waals surface area contributed by atoms with Crippen molar-refractivity contribution in [2.24, 2.45) is 29.6 Å². The fraction of sp³-hybridized carbons (Fsp3) is 0.560. The summed E-state index contributed by atoms with van der Waals surface area (Å²) in [5.74, 6) is -0.0660. The molecule has 1 heterocycles. The Balaban J connectivity index is 1.26. The molecule has 3 amide bonds. The van der Waals surface area contributed by atoms with Gasteiger partial charge in [0.15, 0.2) is 0 Å². The molecular weight excluding hydrogens is 376 g/mol. The summed E-state index contributed by atoms with van der Waals surface area (Å²) < 4.78 is 0. The van der Waals surface area contributed by atoms with Crippen molar-refractivity contribution >= 4 is 17.7 Å². The summed E-state index contributed by atoms with van der Waals surface area (Å²) in [5.41, 5.74) is 1.09. The number of amides is 3. The van der Waals surface area contributed by atoms with Crippen LogP contribution in [0, 0.1) is 29.6 Å². The highest BCUT2D eigenvalue weighted by atomic mass is 16.2. The minimum absolute atomic E-state index is 0.0769. The molecule has 2 bridgehead atoms. The molecule has 5 rings (SSSR count). The molecule has 3 fully saturated rings. The number of allylic oxidation sites excluding steroid dienone is 2. The number of nitrogens with zero attached hydrogens (tertiary/aromatic N) is 1. The molecule has 1 aromatic rings. The Morgan fingerprint density at radius 1 is 0.967 bits per heavy atom. The van der Waals surface area contributed by atoms with Gasteiger partial charge in [-0.05, 0) is 36.2 Å². The molecule has 0 aromatic heterocycles. The number of likely N-dealkylation sites (tertiary alicyclic amines) is 1. The molecule has 1 aliphatic heterocycles. The molecule has 1 N–H and O–H groups in total. The lowest BCUT2D eigenvalue weighted by atomic mass is 9.83. The van der Waals surface area contributed by atoms with Crippen LogP contribution in [0.15, 0.2) is 42.5 Å². The number of fused-ring (bicyclic) bond motifs is 5. The Morgan fingerprint density at radius 2 is 1.60 bits per heavy atom. The largest absolute Gasteiger partial charge is 0.348 e. The third-order valence-corrected chi connectivity index (χ3v) is 7.69. The first-order valence-corrected chi connectivity index (χ1v) is 11.5. The van der Waals surface area contributed by atoms with Crippen molar-refractivity contribution < 1.29 is 14.4 Å². The van der Waals surface area contributed by atoms with E-state index in [4.69, 9.17) is 0 Å². The van der Waals surface area contributed by atoms with Crippen LogP contribution >= 0.6 is 0 Å². The summed E-state index contributed by atoms with van der Waals surface area (Å²) in [5, 5.41) is 3.15. The zero-order valence-corrected chi connectivity index (χ0v) is 17.3. The zero-order chi connectivity index (χ0) is 20.7. The molecule has 5 atom stereocenters. The van der Waals surface area contributed by atoms with Gasteiger partial charge in [-0.1, -0.05) is 74.6 Å². The predicted molar refractivity (Wildman–Crippen MR) is 113 cm³/mol. The van der Waals surface area contributed by atoms with Crippen LogP contribution in [0.4, 0.5) is 0 Å². The predicted octanol–water partition coefficient (Wildman–Crippen LogP) is 3.62. The van der Waals surface area contributed by atoms with E-state index in [1.165, 1.54) is 37.0 Å². The van der Waals surface area contributed by atoms with Crippen molar-refractivity contribution in [1.29, 1.82) is 0 Å².